The molecule has 0 aromatic heterocycles. The van der Waals surface area contributed by atoms with Gasteiger partial charge in [0.25, 0.3) is 11.6 Å². The Bertz CT molecular complexity index is 1050. The van der Waals surface area contributed by atoms with Crippen molar-refractivity contribution in [2.45, 2.75) is 25.6 Å². The summed E-state index contributed by atoms with van der Waals surface area (Å²) in [6.45, 7) is 1.61. The Kier molecular flexibility index (Phi) is 6.93. The molecule has 0 unspecified atom stereocenters. The predicted octanol–water partition coefficient (Wildman–Crippen LogP) is 3.05. The summed E-state index contributed by atoms with van der Waals surface area (Å²) < 4.78 is 44.5. The Labute approximate surface area is 178 Å². The van der Waals surface area contributed by atoms with Gasteiger partial charge in [-0.25, -0.2) is 0 Å². The number of phenolic OH excluding ortho intramolecular Hbond substituents is 1. The fourth-order valence-electron chi connectivity index (χ4n) is 2.45. The molecule has 2 rings (SSSR count). The molecule has 1 atom stereocenters. The maximum Gasteiger partial charge on any atom is 0.423 e. The van der Waals surface area contributed by atoms with Gasteiger partial charge in [0.05, 0.1) is 10.6 Å². The van der Waals surface area contributed by atoms with Gasteiger partial charge in [0.1, 0.15) is 23.7 Å². The summed E-state index contributed by atoms with van der Waals surface area (Å²) in [5, 5.41) is 35.4. The molecule has 0 heterocycles. The van der Waals surface area contributed by atoms with Crippen molar-refractivity contribution < 1.29 is 42.6 Å². The van der Waals surface area contributed by atoms with E-state index >= 15 is 0 Å². The third-order valence-electron chi connectivity index (χ3n) is 4.05. The maximum absolute atomic E-state index is 13.1. The van der Waals surface area contributed by atoms with E-state index in [0.717, 1.165) is 19.1 Å². The number of phenols is 1. The van der Waals surface area contributed by atoms with Crippen LogP contribution in [0.1, 0.15) is 19.4 Å². The molecule has 10 nitrogen and oxygen atoms in total. The molecule has 13 heteroatoms. The maximum atomic E-state index is 13.1. The molecule has 2 amide bonds. The van der Waals surface area contributed by atoms with Crippen LogP contribution in [-0.2, 0) is 15.8 Å². The number of amides is 2. The van der Waals surface area contributed by atoms with E-state index in [4.69, 9.17) is 4.74 Å². The Hall–Kier alpha value is -3.87. The molecule has 2 aromatic rings. The van der Waals surface area contributed by atoms with Gasteiger partial charge in [-0.3, -0.25) is 19.7 Å². The number of nitrogens with zero attached hydrogens (tertiary/aromatic N) is 1. The van der Waals surface area contributed by atoms with Gasteiger partial charge < -0.3 is 25.6 Å². The van der Waals surface area contributed by atoms with Crippen LogP contribution in [0.15, 0.2) is 36.4 Å². The lowest BCUT2D eigenvalue weighted by Gasteiger charge is -2.23. The number of rotatable bonds is 7. The number of nitro benzene ring substituents is 1. The Balaban J connectivity index is 2.12. The molecule has 2 aromatic carbocycles. The predicted molar refractivity (Wildman–Crippen MR) is 105 cm³/mol. The number of nitro groups is 1. The Morgan fingerprint density at radius 2 is 1.81 bits per heavy atom. The summed E-state index contributed by atoms with van der Waals surface area (Å²) in [4.78, 5) is 33.0. The fourth-order valence-corrected chi connectivity index (χ4v) is 2.45. The number of aliphatic hydroxyl groups is 1. The van der Waals surface area contributed by atoms with Crippen LogP contribution in [-0.4, -0.2) is 39.2 Å². The zero-order valence-corrected chi connectivity index (χ0v) is 16.7. The highest BCUT2D eigenvalue weighted by molar-refractivity contribution is 5.97. The lowest BCUT2D eigenvalue weighted by molar-refractivity contribution is -0.388. The number of aromatic hydroxyl groups is 1. The number of ether oxygens (including phenoxy) is 1. The van der Waals surface area contributed by atoms with Crippen molar-refractivity contribution >= 4 is 28.9 Å². The van der Waals surface area contributed by atoms with E-state index in [2.05, 4.69) is 10.6 Å². The SMILES string of the molecule is CC(=O)Nc1ccc(OC[C@](C)(O)C(=O)Nc2ccc([N+](=O)[O-])c(C(F)(F)F)c2)cc1O. The first-order valence-corrected chi connectivity index (χ1v) is 8.83. The van der Waals surface area contributed by atoms with Gasteiger partial charge in [0, 0.05) is 24.7 Å². The van der Waals surface area contributed by atoms with E-state index in [9.17, 15) is 43.1 Å². The molecule has 0 spiro atoms. The molecule has 0 bridgehead atoms. The Morgan fingerprint density at radius 1 is 1.16 bits per heavy atom. The number of nitrogens with one attached hydrogen (secondary N) is 2. The van der Waals surface area contributed by atoms with Crippen LogP contribution in [0.2, 0.25) is 0 Å². The van der Waals surface area contributed by atoms with E-state index < -0.39 is 52.1 Å². The van der Waals surface area contributed by atoms with Gasteiger partial charge in [-0.1, -0.05) is 0 Å². The largest absolute Gasteiger partial charge is 0.506 e. The number of halogens is 3. The van der Waals surface area contributed by atoms with E-state index in [1.54, 1.807) is 0 Å². The highest BCUT2D eigenvalue weighted by Gasteiger charge is 2.39. The molecular weight excluding hydrogens is 439 g/mol. The third-order valence-corrected chi connectivity index (χ3v) is 4.05. The minimum atomic E-state index is -5.04. The van der Waals surface area contributed by atoms with Crippen LogP contribution in [0, 0.1) is 10.1 Å². The first kappa shape index (κ1) is 24.4. The molecule has 4 N–H and O–H groups in total. The second-order valence-corrected chi connectivity index (χ2v) is 6.86. The zero-order valence-electron chi connectivity index (χ0n) is 16.7. The number of alkyl halides is 3. The quantitative estimate of drug-likeness (QED) is 0.283. The summed E-state index contributed by atoms with van der Waals surface area (Å²) in [5.74, 6) is -1.88. The number of hydrogen-bond donors (Lipinski definition) is 4. The zero-order chi connectivity index (χ0) is 24.3. The number of carbonyl (C=O) groups excluding carboxylic acids is 2. The summed E-state index contributed by atoms with van der Waals surface area (Å²) in [6.07, 6.45) is -5.04. The molecule has 0 saturated heterocycles. The second kappa shape index (κ2) is 9.09. The molecule has 0 aliphatic heterocycles. The summed E-state index contributed by atoms with van der Waals surface area (Å²) in [6, 6.07) is 5.63. The smallest absolute Gasteiger partial charge is 0.423 e. The molecule has 172 valence electrons. The topological polar surface area (TPSA) is 151 Å². The third kappa shape index (κ3) is 6.07. The average Bonchev–Trinajstić information content (AvgIpc) is 2.67. The van der Waals surface area contributed by atoms with E-state index in [1.807, 2.05) is 0 Å². The van der Waals surface area contributed by atoms with Crippen LogP contribution in [0.4, 0.5) is 30.2 Å². The van der Waals surface area contributed by atoms with Crippen molar-refractivity contribution in [1.29, 1.82) is 0 Å². The van der Waals surface area contributed by atoms with Crippen molar-refractivity contribution in [2.75, 3.05) is 17.2 Å². The number of anilines is 2. The van der Waals surface area contributed by atoms with Gasteiger partial charge >= 0.3 is 6.18 Å². The molecule has 0 saturated carbocycles. The highest BCUT2D eigenvalue weighted by atomic mass is 19.4. The van der Waals surface area contributed by atoms with Gasteiger partial charge in [-0.15, -0.1) is 0 Å². The van der Waals surface area contributed by atoms with Crippen molar-refractivity contribution in [3.8, 4) is 11.5 Å². The number of hydrogen-bond acceptors (Lipinski definition) is 7. The van der Waals surface area contributed by atoms with Gasteiger partial charge in [0.15, 0.2) is 5.60 Å². The van der Waals surface area contributed by atoms with Crippen molar-refractivity contribution in [3.63, 3.8) is 0 Å². The normalized spacial score (nSPS) is 13.1. The lowest BCUT2D eigenvalue weighted by atomic mass is 10.1. The Morgan fingerprint density at radius 3 is 2.34 bits per heavy atom. The van der Waals surface area contributed by atoms with E-state index in [1.165, 1.54) is 19.1 Å². The lowest BCUT2D eigenvalue weighted by Crippen LogP contribution is -2.45. The van der Waals surface area contributed by atoms with Crippen LogP contribution in [0.25, 0.3) is 0 Å². The van der Waals surface area contributed by atoms with E-state index in [0.29, 0.717) is 12.1 Å². The summed E-state index contributed by atoms with van der Waals surface area (Å²) in [5.41, 5.74) is -5.30. The molecular formula is C19H18F3N3O7. The van der Waals surface area contributed by atoms with Crippen LogP contribution in [0.5, 0.6) is 11.5 Å². The molecule has 0 aliphatic rings. The monoisotopic (exact) mass is 457 g/mol. The van der Waals surface area contributed by atoms with Crippen molar-refractivity contribution in [1.82, 2.24) is 0 Å². The number of carbonyl (C=O) groups is 2. The van der Waals surface area contributed by atoms with Crippen molar-refractivity contribution in [2.24, 2.45) is 0 Å². The van der Waals surface area contributed by atoms with Crippen molar-refractivity contribution in [3.05, 3.63) is 52.1 Å². The standard InChI is InChI=1S/C19H18F3N3O7/c1-10(26)23-14-5-4-12(8-16(14)27)32-9-18(2,29)17(28)24-11-3-6-15(25(30)31)13(7-11)19(20,21)22/h3-8,27,29H,9H2,1-2H3,(H,23,26)(H,24,28)/t18-/m0/s1. The second-order valence-electron chi connectivity index (χ2n) is 6.86. The van der Waals surface area contributed by atoms with Crippen LogP contribution < -0.4 is 15.4 Å². The molecule has 0 aliphatic carbocycles. The van der Waals surface area contributed by atoms with Crippen LogP contribution >= 0.6 is 0 Å². The minimum absolute atomic E-state index is 0.0272. The summed E-state index contributed by atoms with van der Waals surface area (Å²) in [7, 11) is 0. The minimum Gasteiger partial charge on any atom is -0.506 e. The summed E-state index contributed by atoms with van der Waals surface area (Å²) >= 11 is 0. The van der Waals surface area contributed by atoms with Gasteiger partial charge in [0.2, 0.25) is 5.91 Å². The van der Waals surface area contributed by atoms with E-state index in [-0.39, 0.29) is 17.2 Å². The number of benzene rings is 2. The fraction of sp³-hybridized carbons (Fsp3) is 0.263. The molecule has 32 heavy (non-hydrogen) atoms. The van der Waals surface area contributed by atoms with Gasteiger partial charge in [-0.05, 0) is 31.2 Å². The molecule has 0 radical (unpaired) electrons. The first-order chi connectivity index (χ1) is 14.7. The highest BCUT2D eigenvalue weighted by Crippen LogP contribution is 2.37. The van der Waals surface area contributed by atoms with Gasteiger partial charge in [-0.2, -0.15) is 13.2 Å². The molecule has 0 fully saturated rings. The van der Waals surface area contributed by atoms with Crippen LogP contribution in [0.3, 0.4) is 0 Å². The first-order valence-electron chi connectivity index (χ1n) is 8.83. The average molecular weight is 457 g/mol.